The predicted molar refractivity (Wildman–Crippen MR) is 87.4 cm³/mol. The quantitative estimate of drug-likeness (QED) is 0.759. The van der Waals surface area contributed by atoms with Crippen LogP contribution in [0.5, 0.6) is 5.75 Å². The van der Waals surface area contributed by atoms with Crippen LogP contribution >= 0.6 is 0 Å². The highest BCUT2D eigenvalue weighted by Gasteiger charge is 2.13. The van der Waals surface area contributed by atoms with Crippen molar-refractivity contribution in [3.05, 3.63) is 24.3 Å². The van der Waals surface area contributed by atoms with E-state index < -0.39 is 0 Å². The summed E-state index contributed by atoms with van der Waals surface area (Å²) in [7, 11) is 0. The normalized spacial score (nSPS) is 15.3. The molecule has 2 rings (SSSR count). The molecule has 0 unspecified atom stereocenters. The number of hydrogen-bond acceptors (Lipinski definition) is 3. The van der Waals surface area contributed by atoms with Crippen LogP contribution in [0.15, 0.2) is 24.3 Å². The van der Waals surface area contributed by atoms with Crippen molar-refractivity contribution in [2.75, 3.05) is 31.7 Å². The summed E-state index contributed by atoms with van der Waals surface area (Å²) in [6.45, 7) is 4.96. The Kier molecular flexibility index (Phi) is 7.03. The Bertz CT molecular complexity index is 459. The molecule has 0 radical (unpaired) electrons. The van der Waals surface area contributed by atoms with Crippen molar-refractivity contribution < 1.29 is 14.3 Å². The van der Waals surface area contributed by atoms with Crippen LogP contribution in [0, 0.1) is 5.92 Å². The van der Waals surface area contributed by atoms with Crippen molar-refractivity contribution in [2.45, 2.75) is 32.6 Å². The smallest absolute Gasteiger partial charge is 0.319 e. The molecular weight excluding hydrogens is 280 g/mol. The maximum Gasteiger partial charge on any atom is 0.319 e. The third kappa shape index (κ3) is 5.56. The van der Waals surface area contributed by atoms with E-state index in [1.54, 1.807) is 0 Å². The van der Waals surface area contributed by atoms with Crippen molar-refractivity contribution in [3.63, 3.8) is 0 Å². The molecule has 0 aliphatic carbocycles. The van der Waals surface area contributed by atoms with E-state index >= 15 is 0 Å². The van der Waals surface area contributed by atoms with Crippen LogP contribution in [-0.4, -0.2) is 32.4 Å². The molecule has 22 heavy (non-hydrogen) atoms. The maximum atomic E-state index is 11.9. The zero-order chi connectivity index (χ0) is 15.6. The summed E-state index contributed by atoms with van der Waals surface area (Å²) in [4.78, 5) is 11.9. The van der Waals surface area contributed by atoms with E-state index in [1.165, 1.54) is 0 Å². The van der Waals surface area contributed by atoms with E-state index in [1.807, 2.05) is 31.2 Å². The maximum absolute atomic E-state index is 11.9. The van der Waals surface area contributed by atoms with Crippen molar-refractivity contribution in [2.24, 2.45) is 5.92 Å². The van der Waals surface area contributed by atoms with Gasteiger partial charge in [-0.15, -0.1) is 0 Å². The molecule has 0 bridgehead atoms. The summed E-state index contributed by atoms with van der Waals surface area (Å²) in [5.74, 6) is 1.44. The Hall–Kier alpha value is -1.75. The summed E-state index contributed by atoms with van der Waals surface area (Å²) in [6, 6.07) is 7.28. The highest BCUT2D eigenvalue weighted by molar-refractivity contribution is 5.90. The van der Waals surface area contributed by atoms with Crippen LogP contribution in [0.3, 0.4) is 0 Å². The predicted octanol–water partition coefficient (Wildman–Crippen LogP) is 3.41. The highest BCUT2D eigenvalue weighted by atomic mass is 16.5. The van der Waals surface area contributed by atoms with Gasteiger partial charge in [-0.1, -0.05) is 12.1 Å². The SMILES string of the molecule is CCOc1ccccc1NC(=O)NCCCC1CCOCC1. The van der Waals surface area contributed by atoms with Gasteiger partial charge in [0.25, 0.3) is 0 Å². The number of amides is 2. The number of carbonyl (C=O) groups excluding carboxylic acids is 1. The van der Waals surface area contributed by atoms with Crippen molar-refractivity contribution in [3.8, 4) is 5.75 Å². The molecule has 5 nitrogen and oxygen atoms in total. The van der Waals surface area contributed by atoms with Gasteiger partial charge in [-0.25, -0.2) is 4.79 Å². The fourth-order valence-corrected chi connectivity index (χ4v) is 2.65. The molecule has 122 valence electrons. The molecule has 1 aromatic rings. The second-order valence-corrected chi connectivity index (χ2v) is 5.51. The van der Waals surface area contributed by atoms with Gasteiger partial charge in [-0.3, -0.25) is 0 Å². The van der Waals surface area contributed by atoms with Gasteiger partial charge in [0, 0.05) is 19.8 Å². The van der Waals surface area contributed by atoms with Gasteiger partial charge in [-0.05, 0) is 50.7 Å². The summed E-state index contributed by atoms with van der Waals surface area (Å²) in [5.41, 5.74) is 0.700. The zero-order valence-electron chi connectivity index (χ0n) is 13.3. The van der Waals surface area contributed by atoms with E-state index in [0.29, 0.717) is 24.6 Å². The fraction of sp³-hybridized carbons (Fsp3) is 0.588. The molecule has 0 saturated carbocycles. The minimum atomic E-state index is -0.181. The molecule has 1 heterocycles. The molecule has 1 aliphatic heterocycles. The molecule has 2 N–H and O–H groups in total. The summed E-state index contributed by atoms with van der Waals surface area (Å²) in [5, 5.41) is 5.74. The first kappa shape index (κ1) is 16.6. The van der Waals surface area contributed by atoms with Gasteiger partial charge in [0.05, 0.1) is 12.3 Å². The van der Waals surface area contributed by atoms with E-state index in [0.717, 1.165) is 44.8 Å². The van der Waals surface area contributed by atoms with E-state index in [4.69, 9.17) is 9.47 Å². The number of hydrogen-bond donors (Lipinski definition) is 2. The standard InChI is InChI=1S/C17H26N2O3/c1-2-22-16-8-4-3-7-15(16)19-17(20)18-11-5-6-14-9-12-21-13-10-14/h3-4,7-8,14H,2,5-6,9-13H2,1H3,(H2,18,19,20). The Morgan fingerprint density at radius 3 is 2.86 bits per heavy atom. The van der Waals surface area contributed by atoms with Crippen LogP contribution < -0.4 is 15.4 Å². The van der Waals surface area contributed by atoms with E-state index in [2.05, 4.69) is 10.6 Å². The molecule has 0 atom stereocenters. The Balaban J connectivity index is 1.67. The lowest BCUT2D eigenvalue weighted by Gasteiger charge is -2.21. The molecular formula is C17H26N2O3. The average molecular weight is 306 g/mol. The van der Waals surface area contributed by atoms with Gasteiger partial charge < -0.3 is 20.1 Å². The third-order valence-corrected chi connectivity index (χ3v) is 3.85. The summed E-state index contributed by atoms with van der Waals surface area (Å²) >= 11 is 0. The van der Waals surface area contributed by atoms with Crippen LogP contribution in [0.4, 0.5) is 10.5 Å². The highest BCUT2D eigenvalue weighted by Crippen LogP contribution is 2.23. The molecule has 1 saturated heterocycles. The number of rotatable bonds is 7. The van der Waals surface area contributed by atoms with Crippen molar-refractivity contribution >= 4 is 11.7 Å². The van der Waals surface area contributed by atoms with Crippen LogP contribution in [0.2, 0.25) is 0 Å². The van der Waals surface area contributed by atoms with Crippen molar-refractivity contribution in [1.82, 2.24) is 5.32 Å². The lowest BCUT2D eigenvalue weighted by Crippen LogP contribution is -2.30. The first-order valence-corrected chi connectivity index (χ1v) is 8.14. The minimum Gasteiger partial charge on any atom is -0.492 e. The van der Waals surface area contributed by atoms with E-state index in [-0.39, 0.29) is 6.03 Å². The van der Waals surface area contributed by atoms with Crippen molar-refractivity contribution in [1.29, 1.82) is 0 Å². The van der Waals surface area contributed by atoms with Gasteiger partial charge in [0.2, 0.25) is 0 Å². The molecule has 0 aromatic heterocycles. The molecule has 0 spiro atoms. The number of urea groups is 1. The minimum absolute atomic E-state index is 0.181. The zero-order valence-corrected chi connectivity index (χ0v) is 13.3. The number of anilines is 1. The van der Waals surface area contributed by atoms with Crippen LogP contribution in [0.1, 0.15) is 32.6 Å². The summed E-state index contributed by atoms with van der Waals surface area (Å²) in [6.07, 6.45) is 4.45. The number of ether oxygens (including phenoxy) is 2. The van der Waals surface area contributed by atoms with Crippen LogP contribution in [0.25, 0.3) is 0 Å². The molecule has 1 aliphatic rings. The second-order valence-electron chi connectivity index (χ2n) is 5.51. The van der Waals surface area contributed by atoms with Crippen LogP contribution in [-0.2, 0) is 4.74 Å². The molecule has 2 amide bonds. The van der Waals surface area contributed by atoms with Gasteiger partial charge in [0.1, 0.15) is 5.75 Å². The lowest BCUT2D eigenvalue weighted by molar-refractivity contribution is 0.0634. The third-order valence-electron chi connectivity index (χ3n) is 3.85. The van der Waals surface area contributed by atoms with Gasteiger partial charge in [0.15, 0.2) is 0 Å². The number of para-hydroxylation sites is 2. The largest absolute Gasteiger partial charge is 0.492 e. The second kappa shape index (κ2) is 9.30. The number of nitrogens with one attached hydrogen (secondary N) is 2. The topological polar surface area (TPSA) is 59.6 Å². The molecule has 1 aromatic carbocycles. The first-order valence-electron chi connectivity index (χ1n) is 8.14. The fourth-order valence-electron chi connectivity index (χ4n) is 2.65. The molecule has 5 heteroatoms. The Morgan fingerprint density at radius 2 is 2.09 bits per heavy atom. The number of benzene rings is 1. The summed E-state index contributed by atoms with van der Waals surface area (Å²) < 4.78 is 10.8. The Labute approximate surface area is 132 Å². The lowest BCUT2D eigenvalue weighted by atomic mass is 9.95. The first-order chi connectivity index (χ1) is 10.8. The number of carbonyl (C=O) groups is 1. The molecule has 1 fully saturated rings. The Morgan fingerprint density at radius 1 is 1.32 bits per heavy atom. The average Bonchev–Trinajstić information content (AvgIpc) is 2.55. The van der Waals surface area contributed by atoms with Gasteiger partial charge >= 0.3 is 6.03 Å². The van der Waals surface area contributed by atoms with Gasteiger partial charge in [-0.2, -0.15) is 0 Å². The van der Waals surface area contributed by atoms with E-state index in [9.17, 15) is 4.79 Å². The monoisotopic (exact) mass is 306 g/mol.